The SMILES string of the molecule is O=C1CCCN(C(=O)c2cncnc2)c2ccccc21. The molecular weight excluding hydrogens is 254 g/mol. The summed E-state index contributed by atoms with van der Waals surface area (Å²) in [6.45, 7) is 0.524. The molecule has 1 amide bonds. The number of benzene rings is 1. The molecule has 0 saturated carbocycles. The molecule has 0 atom stereocenters. The zero-order valence-corrected chi connectivity index (χ0v) is 10.8. The number of ketones is 1. The van der Waals surface area contributed by atoms with Crippen LogP contribution in [0.5, 0.6) is 0 Å². The summed E-state index contributed by atoms with van der Waals surface area (Å²) in [7, 11) is 0. The van der Waals surface area contributed by atoms with Gasteiger partial charge in [-0.15, -0.1) is 0 Å². The molecule has 2 heterocycles. The number of para-hydroxylation sites is 1. The predicted octanol–water partition coefficient (Wildman–Crippen LogP) is 2.10. The van der Waals surface area contributed by atoms with Crippen molar-refractivity contribution in [1.29, 1.82) is 0 Å². The minimum absolute atomic E-state index is 0.0835. The molecule has 1 aliphatic heterocycles. The molecule has 1 aromatic carbocycles. The second-order valence-corrected chi connectivity index (χ2v) is 4.63. The van der Waals surface area contributed by atoms with E-state index in [4.69, 9.17) is 0 Å². The fourth-order valence-corrected chi connectivity index (χ4v) is 2.37. The highest BCUT2D eigenvalue weighted by molar-refractivity contribution is 6.11. The minimum Gasteiger partial charge on any atom is -0.308 e. The number of anilines is 1. The van der Waals surface area contributed by atoms with Gasteiger partial charge in [0.05, 0.1) is 11.3 Å². The van der Waals surface area contributed by atoms with Gasteiger partial charge in [0.2, 0.25) is 0 Å². The van der Waals surface area contributed by atoms with Crippen LogP contribution in [0, 0.1) is 0 Å². The molecule has 0 fully saturated rings. The van der Waals surface area contributed by atoms with Crippen molar-refractivity contribution in [2.75, 3.05) is 11.4 Å². The van der Waals surface area contributed by atoms with E-state index in [1.54, 1.807) is 17.0 Å². The summed E-state index contributed by atoms with van der Waals surface area (Å²) < 4.78 is 0. The highest BCUT2D eigenvalue weighted by Gasteiger charge is 2.25. The number of fused-ring (bicyclic) bond motifs is 1. The number of amides is 1. The molecule has 1 aliphatic rings. The Hall–Kier alpha value is -2.56. The molecular formula is C15H13N3O2. The number of aromatic nitrogens is 2. The van der Waals surface area contributed by atoms with Crippen molar-refractivity contribution in [2.24, 2.45) is 0 Å². The lowest BCUT2D eigenvalue weighted by Gasteiger charge is -2.22. The van der Waals surface area contributed by atoms with Crippen molar-refractivity contribution in [2.45, 2.75) is 12.8 Å². The van der Waals surface area contributed by atoms with E-state index in [9.17, 15) is 9.59 Å². The maximum absolute atomic E-state index is 12.6. The van der Waals surface area contributed by atoms with Crippen LogP contribution in [0.15, 0.2) is 43.0 Å². The van der Waals surface area contributed by atoms with E-state index in [2.05, 4.69) is 9.97 Å². The lowest BCUT2D eigenvalue weighted by Crippen LogP contribution is -2.31. The van der Waals surface area contributed by atoms with Crippen LogP contribution in [-0.4, -0.2) is 28.2 Å². The molecule has 0 saturated heterocycles. The molecule has 0 bridgehead atoms. The number of hydrogen-bond donors (Lipinski definition) is 0. The van der Waals surface area contributed by atoms with E-state index in [0.29, 0.717) is 36.2 Å². The molecule has 5 heteroatoms. The van der Waals surface area contributed by atoms with Crippen LogP contribution < -0.4 is 4.90 Å². The summed E-state index contributed by atoms with van der Waals surface area (Å²) in [5.41, 5.74) is 1.70. The van der Waals surface area contributed by atoms with E-state index >= 15 is 0 Å². The van der Waals surface area contributed by atoms with Gasteiger partial charge >= 0.3 is 0 Å². The standard InChI is InChI=1S/C15H13N3O2/c19-14-6-3-7-18(13-5-2-1-4-12(13)14)15(20)11-8-16-10-17-9-11/h1-2,4-5,8-10H,3,6-7H2. The summed E-state index contributed by atoms with van der Waals surface area (Å²) in [4.78, 5) is 34.0. The molecule has 0 radical (unpaired) electrons. The van der Waals surface area contributed by atoms with Crippen molar-refractivity contribution in [3.63, 3.8) is 0 Å². The first-order valence-electron chi connectivity index (χ1n) is 6.46. The number of hydrogen-bond acceptors (Lipinski definition) is 4. The van der Waals surface area contributed by atoms with Crippen LogP contribution in [0.25, 0.3) is 0 Å². The third kappa shape index (κ3) is 2.18. The average Bonchev–Trinajstić information content (AvgIpc) is 2.67. The maximum Gasteiger partial charge on any atom is 0.261 e. The molecule has 0 aliphatic carbocycles. The summed E-state index contributed by atoms with van der Waals surface area (Å²) >= 11 is 0. The summed E-state index contributed by atoms with van der Waals surface area (Å²) in [6, 6.07) is 7.22. The Kier molecular flexibility index (Phi) is 3.25. The fraction of sp³-hybridized carbons (Fsp3) is 0.200. The molecule has 0 N–H and O–H groups in total. The number of carbonyl (C=O) groups excluding carboxylic acids is 2. The van der Waals surface area contributed by atoms with Gasteiger partial charge in [0.25, 0.3) is 5.91 Å². The molecule has 0 spiro atoms. The zero-order valence-electron chi connectivity index (χ0n) is 10.8. The lowest BCUT2D eigenvalue weighted by atomic mass is 10.1. The quantitative estimate of drug-likeness (QED) is 0.793. The van der Waals surface area contributed by atoms with Crippen LogP contribution in [0.1, 0.15) is 33.6 Å². The maximum atomic E-state index is 12.6. The first-order chi connectivity index (χ1) is 9.77. The van der Waals surface area contributed by atoms with Gasteiger partial charge in [0.1, 0.15) is 6.33 Å². The van der Waals surface area contributed by atoms with Crippen LogP contribution in [-0.2, 0) is 0 Å². The van der Waals surface area contributed by atoms with Crippen LogP contribution in [0.4, 0.5) is 5.69 Å². The Bertz CT molecular complexity index is 655. The van der Waals surface area contributed by atoms with Gasteiger partial charge in [0, 0.05) is 30.9 Å². The molecule has 20 heavy (non-hydrogen) atoms. The second-order valence-electron chi connectivity index (χ2n) is 4.63. The molecule has 5 nitrogen and oxygen atoms in total. The van der Waals surface area contributed by atoms with Crippen LogP contribution in [0.2, 0.25) is 0 Å². The highest BCUT2D eigenvalue weighted by Crippen LogP contribution is 2.27. The molecule has 100 valence electrons. The Morgan fingerprint density at radius 3 is 2.70 bits per heavy atom. The van der Waals surface area contributed by atoms with Gasteiger partial charge in [0.15, 0.2) is 5.78 Å². The van der Waals surface area contributed by atoms with E-state index < -0.39 is 0 Å². The van der Waals surface area contributed by atoms with E-state index in [0.717, 1.165) is 0 Å². The summed E-state index contributed by atoms with van der Waals surface area (Å²) in [6.07, 6.45) is 5.49. The normalized spacial score (nSPS) is 14.6. The zero-order chi connectivity index (χ0) is 13.9. The Morgan fingerprint density at radius 2 is 1.90 bits per heavy atom. The van der Waals surface area contributed by atoms with Gasteiger partial charge < -0.3 is 4.90 Å². The van der Waals surface area contributed by atoms with E-state index in [1.165, 1.54) is 18.7 Å². The van der Waals surface area contributed by atoms with Gasteiger partial charge in [-0.1, -0.05) is 12.1 Å². The highest BCUT2D eigenvalue weighted by atomic mass is 16.2. The smallest absolute Gasteiger partial charge is 0.261 e. The minimum atomic E-state index is -0.173. The monoisotopic (exact) mass is 267 g/mol. The second kappa shape index (κ2) is 5.21. The van der Waals surface area contributed by atoms with E-state index in [1.807, 2.05) is 12.1 Å². The van der Waals surface area contributed by atoms with Gasteiger partial charge in [-0.05, 0) is 18.6 Å². The van der Waals surface area contributed by atoms with Gasteiger partial charge in [-0.3, -0.25) is 9.59 Å². The van der Waals surface area contributed by atoms with Crippen molar-refractivity contribution >= 4 is 17.4 Å². The van der Waals surface area contributed by atoms with Crippen molar-refractivity contribution in [3.8, 4) is 0 Å². The van der Waals surface area contributed by atoms with Crippen molar-refractivity contribution in [3.05, 3.63) is 54.1 Å². The Labute approximate surface area is 116 Å². The van der Waals surface area contributed by atoms with Gasteiger partial charge in [-0.2, -0.15) is 0 Å². The average molecular weight is 267 g/mol. The van der Waals surface area contributed by atoms with Gasteiger partial charge in [-0.25, -0.2) is 9.97 Å². The van der Waals surface area contributed by atoms with Crippen molar-refractivity contribution < 1.29 is 9.59 Å². The van der Waals surface area contributed by atoms with Crippen molar-refractivity contribution in [1.82, 2.24) is 9.97 Å². The number of Topliss-reactive ketones (excluding diaryl/α,β-unsaturated/α-hetero) is 1. The summed E-state index contributed by atoms with van der Waals surface area (Å²) in [5.74, 6) is -0.0899. The summed E-state index contributed by atoms with van der Waals surface area (Å²) in [5, 5.41) is 0. The third-order valence-electron chi connectivity index (χ3n) is 3.33. The molecule has 2 aromatic rings. The first-order valence-corrected chi connectivity index (χ1v) is 6.46. The van der Waals surface area contributed by atoms with E-state index in [-0.39, 0.29) is 11.7 Å². The molecule has 0 unspecified atom stereocenters. The topological polar surface area (TPSA) is 63.2 Å². The lowest BCUT2D eigenvalue weighted by molar-refractivity contribution is 0.0973. The van der Waals surface area contributed by atoms with Crippen LogP contribution >= 0.6 is 0 Å². The predicted molar refractivity (Wildman–Crippen MR) is 73.7 cm³/mol. The largest absolute Gasteiger partial charge is 0.308 e. The number of nitrogens with zero attached hydrogens (tertiary/aromatic N) is 3. The fourth-order valence-electron chi connectivity index (χ4n) is 2.37. The molecule has 3 rings (SSSR count). The first kappa shape index (κ1) is 12.5. The Morgan fingerprint density at radius 1 is 1.15 bits per heavy atom. The van der Waals surface area contributed by atoms with Crippen LogP contribution in [0.3, 0.4) is 0 Å². The number of carbonyl (C=O) groups is 2. The third-order valence-corrected chi connectivity index (χ3v) is 3.33. The molecule has 1 aromatic heterocycles. The number of rotatable bonds is 1. The Balaban J connectivity index is 2.04.